The molecule has 4 nitrogen and oxygen atoms in total. The van der Waals surface area contributed by atoms with Crippen molar-refractivity contribution >= 4 is 27.2 Å². The molecule has 7 heteroatoms. The lowest BCUT2D eigenvalue weighted by Crippen LogP contribution is -2.28. The Morgan fingerprint density at radius 1 is 1.36 bits per heavy atom. The average molecular weight is 327 g/mol. The van der Waals surface area contributed by atoms with Crippen molar-refractivity contribution in [2.75, 3.05) is 5.75 Å². The number of nitrogens with zero attached hydrogens (tertiary/aromatic N) is 1. The van der Waals surface area contributed by atoms with Crippen LogP contribution in [0.4, 0.5) is 8.78 Å². The highest BCUT2D eigenvalue weighted by molar-refractivity contribution is 7.90. The highest BCUT2D eigenvalue weighted by Crippen LogP contribution is 2.39. The minimum Gasteiger partial charge on any atom is -0.298 e. The molecule has 1 aliphatic carbocycles. The zero-order valence-corrected chi connectivity index (χ0v) is 12.8. The van der Waals surface area contributed by atoms with Gasteiger partial charge in [-0.25, -0.2) is 21.2 Å². The second-order valence-corrected chi connectivity index (χ2v) is 7.62. The van der Waals surface area contributed by atoms with Crippen LogP contribution in [-0.4, -0.2) is 30.4 Å². The molecule has 0 fully saturated rings. The summed E-state index contributed by atoms with van der Waals surface area (Å²) in [6, 6.07) is 4.51. The first-order chi connectivity index (χ1) is 10.3. The van der Waals surface area contributed by atoms with Crippen LogP contribution in [0.1, 0.15) is 35.0 Å². The number of hydrogen-bond acceptors (Lipinski definition) is 3. The molecule has 0 saturated heterocycles. The van der Waals surface area contributed by atoms with Crippen molar-refractivity contribution in [3.63, 3.8) is 0 Å². The van der Waals surface area contributed by atoms with E-state index in [1.54, 1.807) is 0 Å². The summed E-state index contributed by atoms with van der Waals surface area (Å²) in [5, 5.41) is 0.427. The van der Waals surface area contributed by atoms with Crippen molar-refractivity contribution in [1.82, 2.24) is 3.97 Å². The van der Waals surface area contributed by atoms with Gasteiger partial charge in [-0.15, -0.1) is 0 Å². The van der Waals surface area contributed by atoms with Gasteiger partial charge in [0.25, 0.3) is 5.92 Å². The monoisotopic (exact) mass is 327 g/mol. The average Bonchev–Trinajstić information content (AvgIpc) is 2.79. The minimum absolute atomic E-state index is 0.00661. The highest BCUT2D eigenvalue weighted by atomic mass is 32.2. The molecule has 1 aromatic carbocycles. The number of halogens is 2. The van der Waals surface area contributed by atoms with Gasteiger partial charge in [-0.05, 0) is 37.1 Å². The first-order valence-corrected chi connectivity index (χ1v) is 8.62. The van der Waals surface area contributed by atoms with Gasteiger partial charge in [0.1, 0.15) is 6.29 Å². The van der Waals surface area contributed by atoms with Crippen molar-refractivity contribution < 1.29 is 22.0 Å². The van der Waals surface area contributed by atoms with E-state index in [2.05, 4.69) is 0 Å². The summed E-state index contributed by atoms with van der Waals surface area (Å²) in [6.45, 7) is 1.52. The molecular weight excluding hydrogens is 312 g/mol. The minimum atomic E-state index is -3.60. The Hall–Kier alpha value is -1.76. The molecular formula is C15H15F2NO3S. The molecule has 0 bridgehead atoms. The van der Waals surface area contributed by atoms with Crippen LogP contribution in [0.15, 0.2) is 18.2 Å². The van der Waals surface area contributed by atoms with E-state index in [9.17, 15) is 22.0 Å². The normalized spacial score (nSPS) is 17.4. The molecule has 1 aliphatic rings. The third-order valence-corrected chi connectivity index (χ3v) is 5.80. The molecule has 0 amide bonds. The Kier molecular flexibility index (Phi) is 3.36. The third-order valence-electron chi connectivity index (χ3n) is 4.10. The molecule has 0 N–H and O–H groups in total. The lowest BCUT2D eigenvalue weighted by Gasteiger charge is -2.23. The summed E-state index contributed by atoms with van der Waals surface area (Å²) >= 11 is 0. The van der Waals surface area contributed by atoms with E-state index < -0.39 is 22.4 Å². The number of aromatic nitrogens is 1. The van der Waals surface area contributed by atoms with Crippen LogP contribution >= 0.6 is 0 Å². The Morgan fingerprint density at radius 2 is 2.09 bits per heavy atom. The van der Waals surface area contributed by atoms with Crippen LogP contribution in [0.25, 0.3) is 10.9 Å². The van der Waals surface area contributed by atoms with Gasteiger partial charge in [-0.2, -0.15) is 0 Å². The van der Waals surface area contributed by atoms with E-state index in [0.717, 1.165) is 0 Å². The zero-order valence-electron chi connectivity index (χ0n) is 12.0. The summed E-state index contributed by atoms with van der Waals surface area (Å²) < 4.78 is 53.4. The van der Waals surface area contributed by atoms with Crippen LogP contribution in [0, 0.1) is 0 Å². The van der Waals surface area contributed by atoms with Crippen molar-refractivity contribution in [1.29, 1.82) is 0 Å². The maximum atomic E-state index is 13.8. The van der Waals surface area contributed by atoms with Gasteiger partial charge in [0, 0.05) is 29.5 Å². The van der Waals surface area contributed by atoms with Gasteiger partial charge in [0.2, 0.25) is 10.0 Å². The summed E-state index contributed by atoms with van der Waals surface area (Å²) in [5.74, 6) is -2.96. The Balaban J connectivity index is 2.40. The van der Waals surface area contributed by atoms with Crippen molar-refractivity contribution in [3.05, 3.63) is 35.0 Å². The van der Waals surface area contributed by atoms with E-state index in [1.807, 2.05) is 0 Å². The number of fused-ring (bicyclic) bond motifs is 3. The van der Waals surface area contributed by atoms with Gasteiger partial charge in [-0.3, -0.25) is 4.79 Å². The molecule has 0 radical (unpaired) electrons. The molecule has 0 atom stereocenters. The standard InChI is InChI=1S/C15H15F2NO3S/c1-2-22(20,21)18-13-4-3-10(9-19)7-11(13)12-8-15(16,17)6-5-14(12)18/h3-4,7,9H,2,5-6,8H2,1H3. The maximum absolute atomic E-state index is 13.8. The Morgan fingerprint density at radius 3 is 2.73 bits per heavy atom. The van der Waals surface area contributed by atoms with E-state index in [4.69, 9.17) is 0 Å². The number of benzene rings is 1. The molecule has 0 unspecified atom stereocenters. The molecule has 0 saturated carbocycles. The second-order valence-electron chi connectivity index (χ2n) is 5.52. The molecule has 1 heterocycles. The SMILES string of the molecule is CCS(=O)(=O)n1c2c(c3cc(C=O)ccc31)CC(F)(F)CC2. The number of carbonyl (C=O) groups is 1. The molecule has 118 valence electrons. The van der Waals surface area contributed by atoms with E-state index >= 15 is 0 Å². The van der Waals surface area contributed by atoms with Gasteiger partial charge in [0.15, 0.2) is 0 Å². The number of rotatable bonds is 3. The van der Waals surface area contributed by atoms with E-state index in [-0.39, 0.29) is 18.6 Å². The van der Waals surface area contributed by atoms with Crippen LogP contribution in [0.3, 0.4) is 0 Å². The summed E-state index contributed by atoms with van der Waals surface area (Å²) in [4.78, 5) is 10.9. The van der Waals surface area contributed by atoms with Crippen molar-refractivity contribution in [2.24, 2.45) is 0 Å². The molecule has 0 spiro atoms. The maximum Gasteiger partial charge on any atom is 0.252 e. The van der Waals surface area contributed by atoms with Crippen molar-refractivity contribution in [3.8, 4) is 0 Å². The predicted octanol–water partition coefficient (Wildman–Crippen LogP) is 2.78. The Bertz CT molecular complexity index is 869. The zero-order chi connectivity index (χ0) is 16.1. The predicted molar refractivity (Wildman–Crippen MR) is 79.2 cm³/mol. The van der Waals surface area contributed by atoms with Crippen LogP contribution < -0.4 is 0 Å². The van der Waals surface area contributed by atoms with E-state index in [1.165, 1.54) is 29.1 Å². The molecule has 22 heavy (non-hydrogen) atoms. The van der Waals surface area contributed by atoms with Crippen molar-refractivity contribution in [2.45, 2.75) is 32.1 Å². The van der Waals surface area contributed by atoms with Crippen LogP contribution in [0.5, 0.6) is 0 Å². The van der Waals surface area contributed by atoms with E-state index in [0.29, 0.717) is 34.0 Å². The van der Waals surface area contributed by atoms with Gasteiger partial charge in [0.05, 0.1) is 11.3 Å². The fourth-order valence-corrected chi connectivity index (χ4v) is 4.27. The first kappa shape index (κ1) is 15.1. The largest absolute Gasteiger partial charge is 0.298 e. The number of aldehydes is 1. The fourth-order valence-electron chi connectivity index (χ4n) is 3.01. The quantitative estimate of drug-likeness (QED) is 0.815. The van der Waals surface area contributed by atoms with Gasteiger partial charge in [-0.1, -0.05) is 0 Å². The third kappa shape index (κ3) is 2.24. The first-order valence-electron chi connectivity index (χ1n) is 7.01. The summed E-state index contributed by atoms with van der Waals surface area (Å²) in [5.41, 5.74) is 1.48. The van der Waals surface area contributed by atoms with Gasteiger partial charge < -0.3 is 0 Å². The molecule has 0 aliphatic heterocycles. The lowest BCUT2D eigenvalue weighted by molar-refractivity contribution is -0.0122. The number of alkyl halides is 2. The van der Waals surface area contributed by atoms with Gasteiger partial charge >= 0.3 is 0 Å². The number of carbonyl (C=O) groups excluding carboxylic acids is 1. The summed E-state index contributed by atoms with van der Waals surface area (Å²) in [6.07, 6.45) is -0.228. The highest BCUT2D eigenvalue weighted by Gasteiger charge is 2.38. The Labute approximate surface area is 126 Å². The topological polar surface area (TPSA) is 56.1 Å². The fraction of sp³-hybridized carbons (Fsp3) is 0.400. The molecule has 3 rings (SSSR count). The molecule has 2 aromatic rings. The smallest absolute Gasteiger partial charge is 0.252 e. The number of hydrogen-bond donors (Lipinski definition) is 0. The molecule has 1 aromatic heterocycles. The van der Waals surface area contributed by atoms with Crippen LogP contribution in [-0.2, 0) is 22.9 Å². The summed E-state index contributed by atoms with van der Waals surface area (Å²) in [7, 11) is -3.60. The lowest BCUT2D eigenvalue weighted by atomic mass is 9.92. The van der Waals surface area contributed by atoms with Crippen LogP contribution in [0.2, 0.25) is 0 Å². The second kappa shape index (κ2) is 4.87.